The van der Waals surface area contributed by atoms with E-state index in [1.54, 1.807) is 6.07 Å². The topological polar surface area (TPSA) is 30.9 Å². The van der Waals surface area contributed by atoms with Crippen LogP contribution in [0, 0.1) is 13.8 Å². The predicted molar refractivity (Wildman–Crippen MR) is 64.7 cm³/mol. The van der Waals surface area contributed by atoms with Crippen molar-refractivity contribution in [2.45, 2.75) is 13.8 Å². The molecular weight excluding hydrogens is 208 g/mol. The van der Waals surface area contributed by atoms with Crippen LogP contribution in [0.2, 0.25) is 5.02 Å². The SMILES string of the molecule is Cc1cc(C)n(-c2cc(Cl)ccc2N)c1. The minimum atomic E-state index is 0.699. The summed E-state index contributed by atoms with van der Waals surface area (Å²) in [4.78, 5) is 0. The molecule has 1 aromatic carbocycles. The maximum atomic E-state index is 5.96. The van der Waals surface area contributed by atoms with Crippen molar-refractivity contribution in [1.82, 2.24) is 4.57 Å². The molecular formula is C12H13ClN2. The van der Waals surface area contributed by atoms with Gasteiger partial charge in [0.25, 0.3) is 0 Å². The smallest absolute Gasteiger partial charge is 0.0697 e. The third-order valence-corrected chi connectivity index (χ3v) is 2.64. The Balaban J connectivity index is 2.62. The van der Waals surface area contributed by atoms with Crippen molar-refractivity contribution in [1.29, 1.82) is 0 Å². The first-order chi connectivity index (χ1) is 7.08. The van der Waals surface area contributed by atoms with Crippen molar-refractivity contribution in [3.63, 3.8) is 0 Å². The van der Waals surface area contributed by atoms with Gasteiger partial charge in [0.15, 0.2) is 0 Å². The van der Waals surface area contributed by atoms with Gasteiger partial charge in [-0.1, -0.05) is 11.6 Å². The average Bonchev–Trinajstić information content (AvgIpc) is 2.50. The van der Waals surface area contributed by atoms with Crippen LogP contribution in [0.5, 0.6) is 0 Å². The molecule has 3 heteroatoms. The molecule has 1 aromatic heterocycles. The van der Waals surface area contributed by atoms with Gasteiger partial charge in [-0.05, 0) is 43.7 Å². The van der Waals surface area contributed by atoms with Gasteiger partial charge in [0.1, 0.15) is 0 Å². The molecule has 0 saturated carbocycles. The van der Waals surface area contributed by atoms with Crippen molar-refractivity contribution >= 4 is 17.3 Å². The van der Waals surface area contributed by atoms with E-state index in [1.165, 1.54) is 5.56 Å². The summed E-state index contributed by atoms with van der Waals surface area (Å²) in [5.41, 5.74) is 9.96. The fourth-order valence-corrected chi connectivity index (χ4v) is 1.89. The Kier molecular flexibility index (Phi) is 2.45. The Morgan fingerprint density at radius 3 is 2.53 bits per heavy atom. The van der Waals surface area contributed by atoms with E-state index in [2.05, 4.69) is 23.8 Å². The predicted octanol–water partition coefficient (Wildman–Crippen LogP) is 3.33. The summed E-state index contributed by atoms with van der Waals surface area (Å²) >= 11 is 5.96. The second-order valence-electron chi connectivity index (χ2n) is 3.73. The number of rotatable bonds is 1. The molecule has 0 unspecified atom stereocenters. The van der Waals surface area contributed by atoms with Crippen LogP contribution in [0.15, 0.2) is 30.5 Å². The van der Waals surface area contributed by atoms with E-state index >= 15 is 0 Å². The molecule has 0 spiro atoms. The first-order valence-corrected chi connectivity index (χ1v) is 5.17. The Bertz CT molecular complexity index is 500. The molecule has 78 valence electrons. The maximum Gasteiger partial charge on any atom is 0.0697 e. The van der Waals surface area contributed by atoms with Crippen molar-refractivity contribution in [2.75, 3.05) is 5.73 Å². The molecule has 2 aromatic rings. The fraction of sp³-hybridized carbons (Fsp3) is 0.167. The second kappa shape index (κ2) is 3.63. The van der Waals surface area contributed by atoms with Gasteiger partial charge >= 0.3 is 0 Å². The summed E-state index contributed by atoms with van der Waals surface area (Å²) < 4.78 is 2.05. The second-order valence-corrected chi connectivity index (χ2v) is 4.17. The molecule has 0 fully saturated rings. The van der Waals surface area contributed by atoms with E-state index in [1.807, 2.05) is 19.1 Å². The number of aromatic nitrogens is 1. The number of halogens is 1. The molecule has 0 saturated heterocycles. The van der Waals surface area contributed by atoms with Gasteiger partial charge in [0, 0.05) is 16.9 Å². The zero-order valence-corrected chi connectivity index (χ0v) is 9.55. The highest BCUT2D eigenvalue weighted by Crippen LogP contribution is 2.24. The molecule has 1 heterocycles. The minimum Gasteiger partial charge on any atom is -0.397 e. The quantitative estimate of drug-likeness (QED) is 0.735. The summed E-state index contributed by atoms with van der Waals surface area (Å²) in [7, 11) is 0. The lowest BCUT2D eigenvalue weighted by atomic mass is 10.2. The van der Waals surface area contributed by atoms with Gasteiger partial charge in [-0.15, -0.1) is 0 Å². The Labute approximate surface area is 94.3 Å². The molecule has 0 aliphatic rings. The van der Waals surface area contributed by atoms with Gasteiger partial charge in [0.05, 0.1) is 11.4 Å². The molecule has 0 atom stereocenters. The van der Waals surface area contributed by atoms with Crippen LogP contribution in [0.4, 0.5) is 5.69 Å². The van der Waals surface area contributed by atoms with E-state index in [0.29, 0.717) is 5.02 Å². The number of anilines is 1. The Morgan fingerprint density at radius 1 is 1.20 bits per heavy atom. The lowest BCUT2D eigenvalue weighted by Crippen LogP contribution is -1.99. The van der Waals surface area contributed by atoms with E-state index in [4.69, 9.17) is 17.3 Å². The van der Waals surface area contributed by atoms with Crippen molar-refractivity contribution in [3.8, 4) is 5.69 Å². The lowest BCUT2D eigenvalue weighted by Gasteiger charge is -2.09. The van der Waals surface area contributed by atoms with Crippen LogP contribution < -0.4 is 5.73 Å². The van der Waals surface area contributed by atoms with Crippen LogP contribution >= 0.6 is 11.6 Å². The number of hydrogen-bond donors (Lipinski definition) is 1. The third kappa shape index (κ3) is 1.85. The fourth-order valence-electron chi connectivity index (χ4n) is 1.73. The summed E-state index contributed by atoms with van der Waals surface area (Å²) in [6, 6.07) is 7.61. The zero-order chi connectivity index (χ0) is 11.0. The van der Waals surface area contributed by atoms with E-state index in [0.717, 1.165) is 17.1 Å². The third-order valence-electron chi connectivity index (χ3n) is 2.40. The van der Waals surface area contributed by atoms with Crippen LogP contribution in [-0.4, -0.2) is 4.57 Å². The molecule has 2 rings (SSSR count). The first kappa shape index (κ1) is 10.1. The molecule has 0 amide bonds. The summed E-state index contributed by atoms with van der Waals surface area (Å²) in [5.74, 6) is 0. The van der Waals surface area contributed by atoms with Gasteiger partial charge in [-0.2, -0.15) is 0 Å². The van der Waals surface area contributed by atoms with Gasteiger partial charge in [-0.25, -0.2) is 0 Å². The van der Waals surface area contributed by atoms with Crippen molar-refractivity contribution < 1.29 is 0 Å². The van der Waals surface area contributed by atoms with E-state index in [-0.39, 0.29) is 0 Å². The number of aryl methyl sites for hydroxylation is 2. The largest absolute Gasteiger partial charge is 0.397 e. The molecule has 0 bridgehead atoms. The van der Waals surface area contributed by atoms with Gasteiger partial charge in [0.2, 0.25) is 0 Å². The molecule has 0 aliphatic heterocycles. The normalized spacial score (nSPS) is 10.6. The van der Waals surface area contributed by atoms with Crippen LogP contribution in [0.3, 0.4) is 0 Å². The minimum absolute atomic E-state index is 0.699. The number of nitrogen functional groups attached to an aromatic ring is 1. The highest BCUT2D eigenvalue weighted by Gasteiger charge is 2.05. The molecule has 0 radical (unpaired) electrons. The molecule has 2 N–H and O–H groups in total. The Hall–Kier alpha value is -1.41. The standard InChI is InChI=1S/C12H13ClN2/c1-8-5-9(2)15(7-8)12-6-10(13)3-4-11(12)14/h3-7H,14H2,1-2H3. The number of benzene rings is 1. The van der Waals surface area contributed by atoms with Crippen LogP contribution in [-0.2, 0) is 0 Å². The monoisotopic (exact) mass is 220 g/mol. The number of hydrogen-bond acceptors (Lipinski definition) is 1. The molecule has 0 aliphatic carbocycles. The highest BCUT2D eigenvalue weighted by atomic mass is 35.5. The Morgan fingerprint density at radius 2 is 1.93 bits per heavy atom. The summed E-state index contributed by atoms with van der Waals surface area (Å²) in [5, 5.41) is 0.699. The highest BCUT2D eigenvalue weighted by molar-refractivity contribution is 6.30. The van der Waals surface area contributed by atoms with E-state index in [9.17, 15) is 0 Å². The van der Waals surface area contributed by atoms with Gasteiger partial charge in [-0.3, -0.25) is 0 Å². The number of nitrogens with zero attached hydrogens (tertiary/aromatic N) is 1. The van der Waals surface area contributed by atoms with Gasteiger partial charge < -0.3 is 10.3 Å². The van der Waals surface area contributed by atoms with Crippen LogP contribution in [0.1, 0.15) is 11.3 Å². The molecule has 15 heavy (non-hydrogen) atoms. The van der Waals surface area contributed by atoms with Crippen LogP contribution in [0.25, 0.3) is 5.69 Å². The van der Waals surface area contributed by atoms with E-state index < -0.39 is 0 Å². The maximum absolute atomic E-state index is 5.96. The lowest BCUT2D eigenvalue weighted by molar-refractivity contribution is 1.02. The summed E-state index contributed by atoms with van der Waals surface area (Å²) in [6.45, 7) is 4.11. The first-order valence-electron chi connectivity index (χ1n) is 4.79. The summed E-state index contributed by atoms with van der Waals surface area (Å²) in [6.07, 6.45) is 2.05. The van der Waals surface area contributed by atoms with Crippen molar-refractivity contribution in [2.24, 2.45) is 0 Å². The zero-order valence-electron chi connectivity index (χ0n) is 8.79. The van der Waals surface area contributed by atoms with Crippen molar-refractivity contribution in [3.05, 3.63) is 46.7 Å². The molecule has 2 nitrogen and oxygen atoms in total. The average molecular weight is 221 g/mol. The number of nitrogens with two attached hydrogens (primary N) is 1.